The van der Waals surface area contributed by atoms with Crippen molar-refractivity contribution < 1.29 is 4.79 Å². The molecule has 1 aromatic carbocycles. The van der Waals surface area contributed by atoms with Crippen LogP contribution >= 0.6 is 0 Å². The van der Waals surface area contributed by atoms with Crippen LogP contribution in [0.3, 0.4) is 0 Å². The average Bonchev–Trinajstić information content (AvgIpc) is 3.18. The molecule has 0 bridgehead atoms. The molecule has 0 aliphatic carbocycles. The van der Waals surface area contributed by atoms with Crippen molar-refractivity contribution in [1.82, 2.24) is 14.6 Å². The number of anilines is 2. The molecular weight excluding hydrogens is 388 g/mol. The van der Waals surface area contributed by atoms with Crippen molar-refractivity contribution in [2.45, 2.75) is 40.5 Å². The van der Waals surface area contributed by atoms with E-state index in [0.29, 0.717) is 0 Å². The van der Waals surface area contributed by atoms with Gasteiger partial charge in [0.1, 0.15) is 5.82 Å². The van der Waals surface area contributed by atoms with Crippen LogP contribution in [0, 0.1) is 29.6 Å². The lowest BCUT2D eigenvalue weighted by Gasteiger charge is -2.29. The maximum atomic E-state index is 12.4. The molecular formula is C24H28N6O. The minimum absolute atomic E-state index is 0.0192. The summed E-state index contributed by atoms with van der Waals surface area (Å²) in [5.74, 6) is 1.03. The van der Waals surface area contributed by atoms with Gasteiger partial charge in [-0.05, 0) is 43.5 Å². The standard InChI is InChI=1S/C24H28N6O/c1-16-5-6-18(13-19(16)27-23(31)24(2,3)4)20-15-30-21(26-20)7-8-22(28-30)29-11-9-17(14-25)10-12-29/h5-8,13,15,17H,9-12H2,1-4H3,(H,27,31). The fourth-order valence-electron chi connectivity index (χ4n) is 3.64. The summed E-state index contributed by atoms with van der Waals surface area (Å²) in [4.78, 5) is 19.4. The Bertz CT molecular complexity index is 1160. The number of fused-ring (bicyclic) bond motifs is 1. The van der Waals surface area contributed by atoms with E-state index < -0.39 is 5.41 Å². The third-order valence-corrected chi connectivity index (χ3v) is 5.77. The highest BCUT2D eigenvalue weighted by molar-refractivity contribution is 5.95. The SMILES string of the molecule is Cc1ccc(-c2cn3nc(N4CCC(C#N)CC4)ccc3n2)cc1NC(=O)C(C)(C)C. The maximum absolute atomic E-state index is 12.4. The van der Waals surface area contributed by atoms with Crippen molar-refractivity contribution in [2.24, 2.45) is 11.3 Å². The Kier molecular flexibility index (Phi) is 5.40. The second-order valence-electron chi connectivity index (χ2n) is 9.24. The third kappa shape index (κ3) is 4.38. The molecule has 1 aliphatic rings. The normalized spacial score (nSPS) is 15.1. The number of hydrogen-bond donors (Lipinski definition) is 1. The minimum atomic E-state index is -0.465. The summed E-state index contributed by atoms with van der Waals surface area (Å²) in [5.41, 5.74) is 3.84. The molecule has 31 heavy (non-hydrogen) atoms. The lowest BCUT2D eigenvalue weighted by Crippen LogP contribution is -2.34. The van der Waals surface area contributed by atoms with Crippen LogP contribution in [0.2, 0.25) is 0 Å². The van der Waals surface area contributed by atoms with Crippen LogP contribution in [0.5, 0.6) is 0 Å². The van der Waals surface area contributed by atoms with E-state index in [1.807, 2.05) is 64.2 Å². The number of aryl methyl sites for hydroxylation is 1. The number of aromatic nitrogens is 3. The summed E-state index contributed by atoms with van der Waals surface area (Å²) in [6.45, 7) is 9.36. The van der Waals surface area contributed by atoms with Gasteiger partial charge in [0.05, 0.1) is 18.0 Å². The van der Waals surface area contributed by atoms with E-state index in [9.17, 15) is 4.79 Å². The van der Waals surface area contributed by atoms with Crippen molar-refractivity contribution >= 4 is 23.1 Å². The van der Waals surface area contributed by atoms with Gasteiger partial charge in [0.15, 0.2) is 5.65 Å². The van der Waals surface area contributed by atoms with E-state index in [2.05, 4.69) is 16.3 Å². The number of amides is 1. The van der Waals surface area contributed by atoms with Gasteiger partial charge in [-0.25, -0.2) is 9.50 Å². The first-order chi connectivity index (χ1) is 14.7. The van der Waals surface area contributed by atoms with Crippen LogP contribution in [-0.4, -0.2) is 33.6 Å². The quantitative estimate of drug-likeness (QED) is 0.683. The summed E-state index contributed by atoms with van der Waals surface area (Å²) in [5, 5.41) is 16.9. The Morgan fingerprint density at radius 3 is 2.61 bits per heavy atom. The fraction of sp³-hybridized carbons (Fsp3) is 0.417. The number of rotatable bonds is 3. The van der Waals surface area contributed by atoms with E-state index in [4.69, 9.17) is 15.3 Å². The van der Waals surface area contributed by atoms with Crippen molar-refractivity contribution in [3.05, 3.63) is 42.1 Å². The Hall–Kier alpha value is -3.40. The number of benzene rings is 1. The first kappa shape index (κ1) is 20.9. The molecule has 0 atom stereocenters. The summed E-state index contributed by atoms with van der Waals surface area (Å²) < 4.78 is 1.80. The van der Waals surface area contributed by atoms with Crippen LogP contribution in [0.25, 0.3) is 16.9 Å². The minimum Gasteiger partial charge on any atom is -0.355 e. The molecule has 0 unspecified atom stereocenters. The van der Waals surface area contributed by atoms with Crippen LogP contribution < -0.4 is 10.2 Å². The number of carbonyl (C=O) groups excluding carboxylic acids is 1. The smallest absolute Gasteiger partial charge is 0.229 e. The molecule has 1 fully saturated rings. The Morgan fingerprint density at radius 1 is 1.19 bits per heavy atom. The zero-order valence-electron chi connectivity index (χ0n) is 18.5. The molecule has 7 heteroatoms. The van der Waals surface area contributed by atoms with Gasteiger partial charge in [0, 0.05) is 35.7 Å². The van der Waals surface area contributed by atoms with Crippen molar-refractivity contribution in [2.75, 3.05) is 23.3 Å². The summed E-state index contributed by atoms with van der Waals surface area (Å²) in [6.07, 6.45) is 3.66. The van der Waals surface area contributed by atoms with Gasteiger partial charge in [-0.3, -0.25) is 4.79 Å². The number of nitriles is 1. The van der Waals surface area contributed by atoms with Crippen LogP contribution in [-0.2, 0) is 4.79 Å². The zero-order valence-corrected chi connectivity index (χ0v) is 18.5. The molecule has 0 radical (unpaired) electrons. The number of hydrogen-bond acceptors (Lipinski definition) is 5. The Morgan fingerprint density at radius 2 is 1.94 bits per heavy atom. The Balaban J connectivity index is 1.60. The molecule has 160 valence electrons. The molecule has 0 saturated carbocycles. The molecule has 7 nitrogen and oxygen atoms in total. The second-order valence-corrected chi connectivity index (χ2v) is 9.24. The number of carbonyl (C=O) groups is 1. The largest absolute Gasteiger partial charge is 0.355 e. The molecule has 4 rings (SSSR count). The van der Waals surface area contributed by atoms with Gasteiger partial charge in [-0.2, -0.15) is 5.26 Å². The zero-order chi connectivity index (χ0) is 22.2. The van der Waals surface area contributed by atoms with Crippen LogP contribution in [0.1, 0.15) is 39.2 Å². The first-order valence-electron chi connectivity index (χ1n) is 10.7. The van der Waals surface area contributed by atoms with E-state index >= 15 is 0 Å². The number of imidazole rings is 1. The van der Waals surface area contributed by atoms with Gasteiger partial charge in [0.25, 0.3) is 0 Å². The topological polar surface area (TPSA) is 86.3 Å². The van der Waals surface area contributed by atoms with Gasteiger partial charge < -0.3 is 10.2 Å². The summed E-state index contributed by atoms with van der Waals surface area (Å²) >= 11 is 0. The van der Waals surface area contributed by atoms with Crippen LogP contribution in [0.15, 0.2) is 36.5 Å². The van der Waals surface area contributed by atoms with Crippen molar-refractivity contribution in [3.63, 3.8) is 0 Å². The predicted molar refractivity (Wildman–Crippen MR) is 122 cm³/mol. The molecule has 0 spiro atoms. The first-order valence-corrected chi connectivity index (χ1v) is 10.7. The number of nitrogens with one attached hydrogen (secondary N) is 1. The molecule has 1 saturated heterocycles. The van der Waals surface area contributed by atoms with Crippen LogP contribution in [0.4, 0.5) is 11.5 Å². The fourth-order valence-corrected chi connectivity index (χ4v) is 3.64. The van der Waals surface area contributed by atoms with E-state index in [-0.39, 0.29) is 11.8 Å². The van der Waals surface area contributed by atoms with Gasteiger partial charge >= 0.3 is 0 Å². The molecule has 3 aromatic rings. The highest BCUT2D eigenvalue weighted by Gasteiger charge is 2.22. The van der Waals surface area contributed by atoms with E-state index in [1.54, 1.807) is 4.52 Å². The van der Waals surface area contributed by atoms with Crippen molar-refractivity contribution in [1.29, 1.82) is 5.26 Å². The van der Waals surface area contributed by atoms with E-state index in [1.165, 1.54) is 0 Å². The van der Waals surface area contributed by atoms with Gasteiger partial charge in [-0.15, -0.1) is 5.10 Å². The Labute approximate surface area is 182 Å². The molecule has 1 N–H and O–H groups in total. The second kappa shape index (κ2) is 8.03. The molecule has 1 aliphatic heterocycles. The van der Waals surface area contributed by atoms with Gasteiger partial charge in [0.2, 0.25) is 5.91 Å². The highest BCUT2D eigenvalue weighted by Crippen LogP contribution is 2.28. The monoisotopic (exact) mass is 416 g/mol. The molecule has 1 amide bonds. The number of piperidine rings is 1. The van der Waals surface area contributed by atoms with E-state index in [0.717, 1.165) is 59.9 Å². The van der Waals surface area contributed by atoms with Crippen molar-refractivity contribution in [3.8, 4) is 17.3 Å². The third-order valence-electron chi connectivity index (χ3n) is 5.77. The lowest BCUT2D eigenvalue weighted by molar-refractivity contribution is -0.123. The maximum Gasteiger partial charge on any atom is 0.229 e. The summed E-state index contributed by atoms with van der Waals surface area (Å²) in [6, 6.07) is 12.3. The number of nitrogens with zero attached hydrogens (tertiary/aromatic N) is 5. The van der Waals surface area contributed by atoms with Gasteiger partial charge in [-0.1, -0.05) is 32.9 Å². The predicted octanol–water partition coefficient (Wildman–Crippen LogP) is 4.43. The summed E-state index contributed by atoms with van der Waals surface area (Å²) in [7, 11) is 0. The highest BCUT2D eigenvalue weighted by atomic mass is 16.2. The molecule has 2 aromatic heterocycles. The lowest BCUT2D eigenvalue weighted by atomic mass is 9.95. The molecule has 3 heterocycles. The average molecular weight is 417 g/mol.